The van der Waals surface area contributed by atoms with Crippen LogP contribution in [0.2, 0.25) is 0 Å². The van der Waals surface area contributed by atoms with Gasteiger partial charge in [0.15, 0.2) is 5.60 Å². The number of aliphatic hydroxyl groups is 1. The van der Waals surface area contributed by atoms with Crippen LogP contribution >= 0.6 is 0 Å². The van der Waals surface area contributed by atoms with Gasteiger partial charge in [-0.1, -0.05) is 19.1 Å². The van der Waals surface area contributed by atoms with Gasteiger partial charge in [0.1, 0.15) is 0 Å². The van der Waals surface area contributed by atoms with Gasteiger partial charge in [-0.05, 0) is 30.0 Å². The minimum absolute atomic E-state index is 0.0424. The average molecular weight is 249 g/mol. The molecule has 1 heterocycles. The molecule has 3 N–H and O–H groups in total. The topological polar surface area (TPSA) is 86.6 Å². The molecule has 1 aromatic carbocycles. The highest BCUT2D eigenvalue weighted by molar-refractivity contribution is 5.94. The minimum atomic E-state index is -1.86. The number of aryl methyl sites for hydroxylation is 1. The minimum Gasteiger partial charge on any atom is -0.479 e. The van der Waals surface area contributed by atoms with Crippen molar-refractivity contribution in [1.29, 1.82) is 0 Å². The number of fused-ring (bicyclic) bond motifs is 1. The molecule has 0 radical (unpaired) electrons. The Morgan fingerprint density at radius 2 is 2.17 bits per heavy atom. The van der Waals surface area contributed by atoms with Crippen molar-refractivity contribution in [3.8, 4) is 0 Å². The van der Waals surface area contributed by atoms with Gasteiger partial charge in [0, 0.05) is 12.1 Å². The van der Waals surface area contributed by atoms with Gasteiger partial charge >= 0.3 is 5.97 Å². The zero-order valence-corrected chi connectivity index (χ0v) is 10.1. The van der Waals surface area contributed by atoms with Crippen molar-refractivity contribution in [3.63, 3.8) is 0 Å². The first kappa shape index (κ1) is 12.6. The third-order valence-electron chi connectivity index (χ3n) is 3.34. The average Bonchev–Trinajstić information content (AvgIpc) is 2.36. The van der Waals surface area contributed by atoms with E-state index in [1.54, 1.807) is 25.1 Å². The lowest BCUT2D eigenvalue weighted by Crippen LogP contribution is -2.35. The second kappa shape index (κ2) is 4.42. The molecule has 1 unspecified atom stereocenters. The summed E-state index contributed by atoms with van der Waals surface area (Å²) in [6.45, 7) is 1.62. The smallest absolute Gasteiger partial charge is 0.340 e. The highest BCUT2D eigenvalue weighted by atomic mass is 16.4. The van der Waals surface area contributed by atoms with Crippen LogP contribution in [0.15, 0.2) is 18.2 Å². The van der Waals surface area contributed by atoms with Crippen LogP contribution in [-0.2, 0) is 21.6 Å². The van der Waals surface area contributed by atoms with E-state index in [0.717, 1.165) is 5.56 Å². The van der Waals surface area contributed by atoms with Crippen molar-refractivity contribution >= 4 is 17.6 Å². The molecule has 1 aliphatic heterocycles. The van der Waals surface area contributed by atoms with Gasteiger partial charge in [-0.25, -0.2) is 4.79 Å². The fourth-order valence-corrected chi connectivity index (χ4v) is 2.12. The quantitative estimate of drug-likeness (QED) is 0.752. The monoisotopic (exact) mass is 249 g/mol. The number of hydrogen-bond acceptors (Lipinski definition) is 3. The molecule has 0 aliphatic carbocycles. The van der Waals surface area contributed by atoms with Gasteiger partial charge in [-0.2, -0.15) is 0 Å². The fourth-order valence-electron chi connectivity index (χ4n) is 2.12. The Morgan fingerprint density at radius 3 is 2.78 bits per heavy atom. The molecule has 5 nitrogen and oxygen atoms in total. The van der Waals surface area contributed by atoms with Crippen LogP contribution in [0.3, 0.4) is 0 Å². The summed E-state index contributed by atoms with van der Waals surface area (Å²) in [5.41, 5.74) is 0.0442. The number of carboxylic acid groups (broad SMARTS) is 1. The summed E-state index contributed by atoms with van der Waals surface area (Å²) in [5.74, 6) is -1.30. The second-order valence-corrected chi connectivity index (χ2v) is 4.44. The van der Waals surface area contributed by atoms with Gasteiger partial charge < -0.3 is 15.5 Å². The van der Waals surface area contributed by atoms with Gasteiger partial charge in [-0.15, -0.1) is 0 Å². The van der Waals surface area contributed by atoms with E-state index in [9.17, 15) is 14.7 Å². The van der Waals surface area contributed by atoms with Crippen LogP contribution in [-0.4, -0.2) is 22.1 Å². The number of rotatable bonds is 3. The van der Waals surface area contributed by atoms with E-state index in [1.807, 2.05) is 0 Å². The van der Waals surface area contributed by atoms with Crippen molar-refractivity contribution in [3.05, 3.63) is 29.3 Å². The number of carbonyl (C=O) groups excluding carboxylic acids is 1. The van der Waals surface area contributed by atoms with E-state index in [2.05, 4.69) is 5.32 Å². The maximum Gasteiger partial charge on any atom is 0.340 e. The second-order valence-electron chi connectivity index (χ2n) is 4.44. The summed E-state index contributed by atoms with van der Waals surface area (Å²) >= 11 is 0. The first-order chi connectivity index (χ1) is 8.47. The number of benzene rings is 1. The first-order valence-corrected chi connectivity index (χ1v) is 5.86. The molecule has 1 amide bonds. The molecule has 0 bridgehead atoms. The largest absolute Gasteiger partial charge is 0.479 e. The predicted molar refractivity (Wildman–Crippen MR) is 65.2 cm³/mol. The molecule has 18 heavy (non-hydrogen) atoms. The molecule has 0 spiro atoms. The summed E-state index contributed by atoms with van der Waals surface area (Å²) in [6, 6.07) is 4.85. The standard InChI is InChI=1S/C13H15NO4/c1-2-13(18,12(16)17)9-4-5-10-8(7-9)3-6-11(15)14-10/h4-5,7,18H,2-3,6H2,1H3,(H,14,15)(H,16,17). The Hall–Kier alpha value is -1.88. The number of carbonyl (C=O) groups is 2. The van der Waals surface area contributed by atoms with E-state index in [0.29, 0.717) is 24.1 Å². The molecule has 1 aromatic rings. The van der Waals surface area contributed by atoms with Crippen molar-refractivity contribution in [1.82, 2.24) is 0 Å². The summed E-state index contributed by atoms with van der Waals surface area (Å²) < 4.78 is 0. The summed E-state index contributed by atoms with van der Waals surface area (Å²) in [4.78, 5) is 22.4. The van der Waals surface area contributed by atoms with Gasteiger partial charge in [0.05, 0.1) is 0 Å². The Labute approximate surface area is 104 Å². The van der Waals surface area contributed by atoms with Gasteiger partial charge in [-0.3, -0.25) is 4.79 Å². The van der Waals surface area contributed by atoms with Crippen LogP contribution in [0.5, 0.6) is 0 Å². The van der Waals surface area contributed by atoms with Gasteiger partial charge in [0.25, 0.3) is 0 Å². The van der Waals surface area contributed by atoms with Gasteiger partial charge in [0.2, 0.25) is 5.91 Å². The summed E-state index contributed by atoms with van der Waals surface area (Å²) in [6.07, 6.45) is 1.04. The maximum atomic E-state index is 11.2. The number of amides is 1. The Balaban J connectivity index is 2.43. The molecule has 0 saturated heterocycles. The zero-order valence-electron chi connectivity index (χ0n) is 10.1. The highest BCUT2D eigenvalue weighted by Gasteiger charge is 2.36. The number of carboxylic acids is 1. The Kier molecular flexibility index (Phi) is 3.09. The molecule has 1 aliphatic rings. The van der Waals surface area contributed by atoms with E-state index in [-0.39, 0.29) is 12.3 Å². The molecule has 2 rings (SSSR count). The molecule has 96 valence electrons. The predicted octanol–water partition coefficient (Wildman–Crippen LogP) is 1.25. The molecule has 0 fully saturated rings. The van der Waals surface area contributed by atoms with Crippen LogP contribution in [0, 0.1) is 0 Å². The van der Waals surface area contributed by atoms with Crippen molar-refractivity contribution in [2.24, 2.45) is 0 Å². The van der Waals surface area contributed by atoms with E-state index >= 15 is 0 Å². The van der Waals surface area contributed by atoms with E-state index in [1.165, 1.54) is 0 Å². The zero-order chi connectivity index (χ0) is 13.3. The lowest BCUT2D eigenvalue weighted by molar-refractivity contribution is -0.160. The van der Waals surface area contributed by atoms with E-state index < -0.39 is 11.6 Å². The molecule has 0 aromatic heterocycles. The lowest BCUT2D eigenvalue weighted by atomic mass is 9.88. The maximum absolute atomic E-state index is 11.2. The summed E-state index contributed by atoms with van der Waals surface area (Å²) in [7, 11) is 0. The lowest BCUT2D eigenvalue weighted by Gasteiger charge is -2.25. The van der Waals surface area contributed by atoms with Crippen LogP contribution in [0.25, 0.3) is 0 Å². The normalized spacial score (nSPS) is 17.6. The molecular formula is C13H15NO4. The molecule has 5 heteroatoms. The van der Waals surface area contributed by atoms with Crippen LogP contribution < -0.4 is 5.32 Å². The number of hydrogen-bond donors (Lipinski definition) is 3. The number of aliphatic carboxylic acids is 1. The van der Waals surface area contributed by atoms with Crippen molar-refractivity contribution < 1.29 is 19.8 Å². The van der Waals surface area contributed by atoms with Crippen molar-refractivity contribution in [2.75, 3.05) is 5.32 Å². The number of nitrogens with one attached hydrogen (secondary N) is 1. The fraction of sp³-hybridized carbons (Fsp3) is 0.385. The first-order valence-electron chi connectivity index (χ1n) is 5.86. The molecular weight excluding hydrogens is 234 g/mol. The summed E-state index contributed by atoms with van der Waals surface area (Å²) in [5, 5.41) is 22.0. The van der Waals surface area contributed by atoms with E-state index in [4.69, 9.17) is 5.11 Å². The van der Waals surface area contributed by atoms with Crippen molar-refractivity contribution in [2.45, 2.75) is 31.8 Å². The molecule has 1 atom stereocenters. The SMILES string of the molecule is CCC(O)(C(=O)O)c1ccc2c(c1)CCC(=O)N2. The van der Waals surface area contributed by atoms with Crippen LogP contribution in [0.4, 0.5) is 5.69 Å². The molecule has 0 saturated carbocycles. The Morgan fingerprint density at radius 1 is 1.44 bits per heavy atom. The highest BCUT2D eigenvalue weighted by Crippen LogP contribution is 2.31. The third-order valence-corrected chi connectivity index (χ3v) is 3.34. The number of anilines is 1. The third kappa shape index (κ3) is 1.97. The van der Waals surface area contributed by atoms with Crippen LogP contribution in [0.1, 0.15) is 30.9 Å². The Bertz CT molecular complexity index is 512.